The minimum Gasteiger partial charge on any atom is -0.508 e. The maximum Gasteiger partial charge on any atom is 0.120 e. The second kappa shape index (κ2) is 5.47. The molecule has 1 heterocycles. The zero-order valence-electron chi connectivity index (χ0n) is 9.84. The Labute approximate surface area is 112 Å². The topological polar surface area (TPSA) is 32.3 Å². The average Bonchev–Trinajstić information content (AvgIpc) is 2.34. The van der Waals surface area contributed by atoms with Gasteiger partial charge in [-0.15, -0.1) is 0 Å². The van der Waals surface area contributed by atoms with Gasteiger partial charge in [0.2, 0.25) is 0 Å². The average molecular weight is 274 g/mol. The van der Waals surface area contributed by atoms with Gasteiger partial charge in [-0.1, -0.05) is 30.1 Å². The van der Waals surface area contributed by atoms with Gasteiger partial charge in [0.25, 0.3) is 0 Å². The third-order valence-electron chi connectivity index (χ3n) is 3.65. The summed E-state index contributed by atoms with van der Waals surface area (Å²) in [7, 11) is 0. The Kier molecular flexibility index (Phi) is 4.18. The molecule has 94 valence electrons. The molecule has 2 rings (SSSR count). The zero-order valence-corrected chi connectivity index (χ0v) is 11.4. The summed E-state index contributed by atoms with van der Waals surface area (Å²) in [6.45, 7) is 4.25. The van der Waals surface area contributed by atoms with Crippen LogP contribution < -0.4 is 5.32 Å². The van der Waals surface area contributed by atoms with Gasteiger partial charge in [0, 0.05) is 6.07 Å². The van der Waals surface area contributed by atoms with Crippen molar-refractivity contribution in [2.45, 2.75) is 25.7 Å². The Morgan fingerprint density at radius 3 is 2.47 bits per heavy atom. The lowest BCUT2D eigenvalue weighted by Gasteiger charge is -2.29. The van der Waals surface area contributed by atoms with Crippen molar-refractivity contribution in [2.24, 2.45) is 5.92 Å². The number of benzene rings is 1. The van der Waals surface area contributed by atoms with E-state index in [4.69, 9.17) is 23.2 Å². The number of rotatable bonds is 2. The van der Waals surface area contributed by atoms with Crippen molar-refractivity contribution in [3.63, 3.8) is 0 Å². The Morgan fingerprint density at radius 2 is 1.82 bits per heavy atom. The summed E-state index contributed by atoms with van der Waals surface area (Å²) in [5.41, 5.74) is 0.909. The molecule has 4 heteroatoms. The monoisotopic (exact) mass is 273 g/mol. The van der Waals surface area contributed by atoms with E-state index in [1.54, 1.807) is 6.07 Å². The molecule has 1 saturated heterocycles. The van der Waals surface area contributed by atoms with E-state index < -0.39 is 0 Å². The van der Waals surface area contributed by atoms with E-state index >= 15 is 0 Å². The summed E-state index contributed by atoms with van der Waals surface area (Å²) in [6.07, 6.45) is 2.28. The minimum absolute atomic E-state index is 0.255. The number of hydrogen-bond donors (Lipinski definition) is 2. The number of halogens is 2. The van der Waals surface area contributed by atoms with E-state index in [9.17, 15) is 5.11 Å². The quantitative estimate of drug-likeness (QED) is 0.859. The predicted molar refractivity (Wildman–Crippen MR) is 72.1 cm³/mol. The van der Waals surface area contributed by atoms with E-state index in [2.05, 4.69) is 12.2 Å². The first-order valence-corrected chi connectivity index (χ1v) is 6.74. The van der Waals surface area contributed by atoms with Crippen molar-refractivity contribution in [1.29, 1.82) is 0 Å². The van der Waals surface area contributed by atoms with E-state index in [0.29, 0.717) is 21.9 Å². The summed E-state index contributed by atoms with van der Waals surface area (Å²) >= 11 is 11.9. The lowest BCUT2D eigenvalue weighted by Crippen LogP contribution is -2.30. The number of piperidine rings is 1. The second-order valence-electron chi connectivity index (χ2n) is 4.70. The first-order chi connectivity index (χ1) is 8.09. The minimum atomic E-state index is 0.255. The largest absolute Gasteiger partial charge is 0.508 e. The summed E-state index contributed by atoms with van der Waals surface area (Å²) in [5, 5.41) is 14.2. The van der Waals surface area contributed by atoms with Gasteiger partial charge in [-0.25, -0.2) is 0 Å². The van der Waals surface area contributed by atoms with Crippen LogP contribution in [0.4, 0.5) is 0 Å². The van der Waals surface area contributed by atoms with E-state index in [1.165, 1.54) is 6.07 Å². The molecular formula is C13H17Cl2NO. The fourth-order valence-corrected chi connectivity index (χ4v) is 2.84. The van der Waals surface area contributed by atoms with Gasteiger partial charge in [-0.2, -0.15) is 0 Å². The van der Waals surface area contributed by atoms with Crippen LogP contribution in [-0.2, 0) is 0 Å². The first kappa shape index (κ1) is 13.0. The van der Waals surface area contributed by atoms with Gasteiger partial charge in [0.1, 0.15) is 5.75 Å². The molecule has 2 N–H and O–H groups in total. The summed E-state index contributed by atoms with van der Waals surface area (Å²) in [4.78, 5) is 0. The van der Waals surface area contributed by atoms with Gasteiger partial charge < -0.3 is 10.4 Å². The molecule has 0 saturated carbocycles. The van der Waals surface area contributed by atoms with Crippen molar-refractivity contribution in [3.05, 3.63) is 27.7 Å². The molecular weight excluding hydrogens is 257 g/mol. The zero-order chi connectivity index (χ0) is 12.4. The normalized spacial score (nSPS) is 19.2. The van der Waals surface area contributed by atoms with Crippen LogP contribution in [0.5, 0.6) is 5.75 Å². The van der Waals surface area contributed by atoms with Crippen LogP contribution in [-0.4, -0.2) is 18.2 Å². The Morgan fingerprint density at radius 1 is 1.24 bits per heavy atom. The first-order valence-electron chi connectivity index (χ1n) is 5.98. The molecule has 1 aromatic carbocycles. The van der Waals surface area contributed by atoms with E-state index in [0.717, 1.165) is 31.5 Å². The number of phenols is 1. The van der Waals surface area contributed by atoms with Crippen molar-refractivity contribution >= 4 is 23.2 Å². The van der Waals surface area contributed by atoms with Gasteiger partial charge >= 0.3 is 0 Å². The molecule has 1 aliphatic heterocycles. The molecule has 1 aromatic rings. The fourth-order valence-electron chi connectivity index (χ4n) is 2.51. The van der Waals surface area contributed by atoms with Crippen LogP contribution in [0.25, 0.3) is 0 Å². The number of aromatic hydroxyl groups is 1. The molecule has 2 nitrogen and oxygen atoms in total. The predicted octanol–water partition coefficient (Wildman–Crippen LogP) is 3.80. The molecule has 0 bridgehead atoms. The number of nitrogens with one attached hydrogen (secondary N) is 1. The molecule has 0 radical (unpaired) electrons. The van der Waals surface area contributed by atoms with Crippen LogP contribution in [0.1, 0.15) is 31.2 Å². The summed E-state index contributed by atoms with van der Waals surface area (Å²) < 4.78 is 0. The Balaban J connectivity index is 2.23. The van der Waals surface area contributed by atoms with Crippen molar-refractivity contribution in [2.75, 3.05) is 13.1 Å². The van der Waals surface area contributed by atoms with E-state index in [1.807, 2.05) is 0 Å². The van der Waals surface area contributed by atoms with Crippen LogP contribution in [0.2, 0.25) is 10.0 Å². The number of hydrogen-bond acceptors (Lipinski definition) is 2. The van der Waals surface area contributed by atoms with E-state index in [-0.39, 0.29) is 5.75 Å². The summed E-state index contributed by atoms with van der Waals surface area (Å²) in [5.74, 6) is 1.16. The number of phenolic OH excluding ortho intramolecular Hbond substituents is 1. The van der Waals surface area contributed by atoms with Crippen LogP contribution in [0.15, 0.2) is 12.1 Å². The standard InChI is InChI=1S/C13H17Cl2NO/c1-8(9-2-4-16-5-3-9)10-6-11(14)12(15)7-13(10)17/h6-9,16-17H,2-5H2,1H3. The molecule has 0 aliphatic carbocycles. The van der Waals surface area contributed by atoms with Gasteiger partial charge in [0.05, 0.1) is 10.0 Å². The molecule has 0 spiro atoms. The molecule has 1 atom stereocenters. The third kappa shape index (κ3) is 2.87. The lowest BCUT2D eigenvalue weighted by atomic mass is 9.81. The lowest BCUT2D eigenvalue weighted by molar-refractivity contribution is 0.324. The SMILES string of the molecule is CC(c1cc(Cl)c(Cl)cc1O)C1CCNCC1. The highest BCUT2D eigenvalue weighted by Gasteiger charge is 2.23. The smallest absolute Gasteiger partial charge is 0.120 e. The van der Waals surface area contributed by atoms with Crippen LogP contribution in [0.3, 0.4) is 0 Å². The highest BCUT2D eigenvalue weighted by molar-refractivity contribution is 6.42. The highest BCUT2D eigenvalue weighted by Crippen LogP contribution is 2.39. The molecule has 0 aromatic heterocycles. The second-order valence-corrected chi connectivity index (χ2v) is 5.52. The maximum absolute atomic E-state index is 9.96. The van der Waals surface area contributed by atoms with Crippen LogP contribution >= 0.6 is 23.2 Å². The van der Waals surface area contributed by atoms with Crippen molar-refractivity contribution < 1.29 is 5.11 Å². The van der Waals surface area contributed by atoms with Crippen LogP contribution in [0, 0.1) is 5.92 Å². The third-order valence-corrected chi connectivity index (χ3v) is 4.37. The molecule has 1 aliphatic rings. The Bertz CT molecular complexity index is 403. The van der Waals surface area contributed by atoms with Gasteiger partial charge in [0.15, 0.2) is 0 Å². The van der Waals surface area contributed by atoms with Crippen molar-refractivity contribution in [1.82, 2.24) is 5.32 Å². The molecule has 1 fully saturated rings. The molecule has 0 amide bonds. The Hall–Kier alpha value is -0.440. The fraction of sp³-hybridized carbons (Fsp3) is 0.538. The van der Waals surface area contributed by atoms with Gasteiger partial charge in [-0.3, -0.25) is 0 Å². The maximum atomic E-state index is 9.96. The van der Waals surface area contributed by atoms with Gasteiger partial charge in [-0.05, 0) is 49.4 Å². The molecule has 17 heavy (non-hydrogen) atoms. The molecule has 1 unspecified atom stereocenters. The highest BCUT2D eigenvalue weighted by atomic mass is 35.5. The summed E-state index contributed by atoms with van der Waals surface area (Å²) in [6, 6.07) is 3.34. The van der Waals surface area contributed by atoms with Crippen molar-refractivity contribution in [3.8, 4) is 5.75 Å².